The van der Waals surface area contributed by atoms with E-state index in [1.165, 1.54) is 5.56 Å². The Balaban J connectivity index is 1.56. The molecule has 5 heteroatoms. The van der Waals surface area contributed by atoms with Crippen molar-refractivity contribution in [3.63, 3.8) is 0 Å². The molecule has 3 rings (SSSR count). The molecule has 0 fully saturated rings. The van der Waals surface area contributed by atoms with E-state index in [1.807, 2.05) is 18.2 Å². The number of hydrogen-bond acceptors (Lipinski definition) is 3. The van der Waals surface area contributed by atoms with Crippen molar-refractivity contribution in [2.75, 3.05) is 0 Å². The van der Waals surface area contributed by atoms with Crippen LogP contribution in [0.25, 0.3) is 10.9 Å². The molecular formula is C22H25N3O2. The van der Waals surface area contributed by atoms with Gasteiger partial charge in [0, 0.05) is 12.8 Å². The van der Waals surface area contributed by atoms with Crippen molar-refractivity contribution in [3.05, 3.63) is 75.8 Å². The zero-order valence-corrected chi connectivity index (χ0v) is 15.8. The number of fused-ring (bicyclic) bond motifs is 1. The Labute approximate surface area is 158 Å². The lowest BCUT2D eigenvalue weighted by Gasteiger charge is -2.17. The highest BCUT2D eigenvalue weighted by Gasteiger charge is 2.12. The number of carbonyl (C=O) groups excluding carboxylic acids is 1. The van der Waals surface area contributed by atoms with Crippen LogP contribution in [0.2, 0.25) is 0 Å². The van der Waals surface area contributed by atoms with E-state index in [2.05, 4.69) is 53.4 Å². The SMILES string of the molecule is CCC(NC(=O)CCCc1nc2ccccc2c(=O)[nH]1)c1ccc(C)cc1. The van der Waals surface area contributed by atoms with E-state index in [9.17, 15) is 9.59 Å². The van der Waals surface area contributed by atoms with E-state index >= 15 is 0 Å². The van der Waals surface area contributed by atoms with Crippen LogP contribution in [0.5, 0.6) is 0 Å². The third kappa shape index (κ3) is 4.82. The maximum Gasteiger partial charge on any atom is 0.258 e. The highest BCUT2D eigenvalue weighted by Crippen LogP contribution is 2.17. The molecule has 1 atom stereocenters. The summed E-state index contributed by atoms with van der Waals surface area (Å²) in [6.07, 6.45) is 2.44. The topological polar surface area (TPSA) is 74.8 Å². The van der Waals surface area contributed by atoms with Crippen LogP contribution in [0.4, 0.5) is 0 Å². The van der Waals surface area contributed by atoms with Crippen LogP contribution in [0.3, 0.4) is 0 Å². The summed E-state index contributed by atoms with van der Waals surface area (Å²) in [5.41, 5.74) is 2.88. The number of rotatable bonds is 7. The summed E-state index contributed by atoms with van der Waals surface area (Å²) in [7, 11) is 0. The predicted octanol–water partition coefficient (Wildman–Crippen LogP) is 3.82. The molecule has 0 saturated heterocycles. The van der Waals surface area contributed by atoms with Gasteiger partial charge in [0.15, 0.2) is 0 Å². The second-order valence-electron chi connectivity index (χ2n) is 6.82. The minimum absolute atomic E-state index is 0.0190. The summed E-state index contributed by atoms with van der Waals surface area (Å²) in [5, 5.41) is 3.68. The van der Waals surface area contributed by atoms with Gasteiger partial charge < -0.3 is 10.3 Å². The number of benzene rings is 2. The van der Waals surface area contributed by atoms with Crippen LogP contribution in [0.15, 0.2) is 53.3 Å². The number of carbonyl (C=O) groups is 1. The highest BCUT2D eigenvalue weighted by atomic mass is 16.1. The minimum atomic E-state index is -0.134. The summed E-state index contributed by atoms with van der Waals surface area (Å²) in [5.74, 6) is 0.641. The van der Waals surface area contributed by atoms with Crippen LogP contribution in [0, 0.1) is 6.92 Å². The van der Waals surface area contributed by atoms with E-state index in [-0.39, 0.29) is 17.5 Å². The molecule has 2 aromatic carbocycles. The van der Waals surface area contributed by atoms with Crippen LogP contribution < -0.4 is 10.9 Å². The first kappa shape index (κ1) is 18.8. The normalized spacial score (nSPS) is 12.1. The summed E-state index contributed by atoms with van der Waals surface area (Å²) in [4.78, 5) is 31.7. The molecule has 2 N–H and O–H groups in total. The molecule has 27 heavy (non-hydrogen) atoms. The Kier molecular flexibility index (Phi) is 6.01. The smallest absolute Gasteiger partial charge is 0.258 e. The predicted molar refractivity (Wildman–Crippen MR) is 108 cm³/mol. The molecular weight excluding hydrogens is 338 g/mol. The lowest BCUT2D eigenvalue weighted by atomic mass is 10.0. The van der Waals surface area contributed by atoms with Crippen LogP contribution in [0.1, 0.15) is 49.2 Å². The van der Waals surface area contributed by atoms with Crippen molar-refractivity contribution >= 4 is 16.8 Å². The van der Waals surface area contributed by atoms with Crippen molar-refractivity contribution < 1.29 is 4.79 Å². The Morgan fingerprint density at radius 2 is 1.89 bits per heavy atom. The number of amides is 1. The van der Waals surface area contributed by atoms with Crippen LogP contribution in [-0.2, 0) is 11.2 Å². The van der Waals surface area contributed by atoms with Crippen LogP contribution >= 0.6 is 0 Å². The number of hydrogen-bond donors (Lipinski definition) is 2. The first-order valence-electron chi connectivity index (χ1n) is 9.40. The molecule has 0 spiro atoms. The number of H-pyrrole nitrogens is 1. The summed E-state index contributed by atoms with van der Waals surface area (Å²) in [6.45, 7) is 4.11. The number of aromatic amines is 1. The molecule has 5 nitrogen and oxygen atoms in total. The van der Waals surface area contributed by atoms with Gasteiger partial charge in [-0.15, -0.1) is 0 Å². The second kappa shape index (κ2) is 8.62. The van der Waals surface area contributed by atoms with Crippen molar-refractivity contribution in [1.82, 2.24) is 15.3 Å². The monoisotopic (exact) mass is 363 g/mol. The van der Waals surface area contributed by atoms with Crippen molar-refractivity contribution in [1.29, 1.82) is 0 Å². The van der Waals surface area contributed by atoms with Gasteiger partial charge in [-0.1, -0.05) is 48.9 Å². The number of aryl methyl sites for hydroxylation is 2. The molecule has 0 aliphatic rings. The average Bonchev–Trinajstić information content (AvgIpc) is 2.67. The fourth-order valence-corrected chi connectivity index (χ4v) is 3.16. The van der Waals surface area contributed by atoms with E-state index in [1.54, 1.807) is 6.07 Å². The zero-order valence-electron chi connectivity index (χ0n) is 15.8. The van der Waals surface area contributed by atoms with Crippen molar-refractivity contribution in [2.24, 2.45) is 0 Å². The largest absolute Gasteiger partial charge is 0.349 e. The standard InChI is InChI=1S/C22H25N3O2/c1-3-18(16-13-11-15(2)12-14-16)24-21(26)10-6-9-20-23-19-8-5-4-7-17(19)22(27)25-20/h4-5,7-8,11-14,18H,3,6,9-10H2,1-2H3,(H,24,26)(H,23,25,27). The van der Waals surface area contributed by atoms with Crippen molar-refractivity contribution in [3.8, 4) is 0 Å². The third-order valence-electron chi connectivity index (χ3n) is 4.70. The molecule has 0 bridgehead atoms. The fourth-order valence-electron chi connectivity index (χ4n) is 3.16. The van der Waals surface area contributed by atoms with Gasteiger partial charge in [-0.05, 0) is 37.5 Å². The zero-order chi connectivity index (χ0) is 19.2. The maximum atomic E-state index is 12.3. The number of aromatic nitrogens is 2. The van der Waals surface area contributed by atoms with Gasteiger partial charge in [-0.2, -0.15) is 0 Å². The van der Waals surface area contributed by atoms with Crippen molar-refractivity contribution in [2.45, 2.75) is 45.6 Å². The Morgan fingerprint density at radius 1 is 1.15 bits per heavy atom. The first-order valence-corrected chi connectivity index (χ1v) is 9.40. The molecule has 0 aliphatic carbocycles. The summed E-state index contributed by atoms with van der Waals surface area (Å²) < 4.78 is 0. The maximum absolute atomic E-state index is 12.3. The van der Waals surface area contributed by atoms with Gasteiger partial charge in [0.25, 0.3) is 5.56 Å². The second-order valence-corrected chi connectivity index (χ2v) is 6.82. The van der Waals surface area contributed by atoms with Gasteiger partial charge >= 0.3 is 0 Å². The Hall–Kier alpha value is -2.95. The van der Waals surface area contributed by atoms with Gasteiger partial charge in [-0.3, -0.25) is 9.59 Å². The number of nitrogens with one attached hydrogen (secondary N) is 2. The fraction of sp³-hybridized carbons (Fsp3) is 0.318. The molecule has 0 saturated carbocycles. The lowest BCUT2D eigenvalue weighted by molar-refractivity contribution is -0.122. The van der Waals surface area contributed by atoms with E-state index < -0.39 is 0 Å². The van der Waals surface area contributed by atoms with E-state index in [4.69, 9.17) is 0 Å². The lowest BCUT2D eigenvalue weighted by Crippen LogP contribution is -2.28. The minimum Gasteiger partial charge on any atom is -0.349 e. The van der Waals surface area contributed by atoms with Gasteiger partial charge in [0.2, 0.25) is 5.91 Å². The highest BCUT2D eigenvalue weighted by molar-refractivity contribution is 5.77. The third-order valence-corrected chi connectivity index (χ3v) is 4.70. The molecule has 1 aromatic heterocycles. The van der Waals surface area contributed by atoms with E-state index in [0.29, 0.717) is 36.0 Å². The van der Waals surface area contributed by atoms with Gasteiger partial charge in [0.1, 0.15) is 5.82 Å². The average molecular weight is 363 g/mol. The van der Waals surface area contributed by atoms with Gasteiger partial charge in [-0.25, -0.2) is 4.98 Å². The molecule has 3 aromatic rings. The number of nitrogens with zero attached hydrogens (tertiary/aromatic N) is 1. The molecule has 140 valence electrons. The molecule has 0 aliphatic heterocycles. The number of para-hydroxylation sites is 1. The molecule has 0 radical (unpaired) electrons. The summed E-state index contributed by atoms with van der Waals surface area (Å²) >= 11 is 0. The quantitative estimate of drug-likeness (QED) is 0.670. The van der Waals surface area contributed by atoms with Crippen LogP contribution in [-0.4, -0.2) is 15.9 Å². The Morgan fingerprint density at radius 3 is 2.63 bits per heavy atom. The molecule has 1 unspecified atom stereocenters. The molecule has 1 heterocycles. The van der Waals surface area contributed by atoms with E-state index in [0.717, 1.165) is 12.0 Å². The first-order chi connectivity index (χ1) is 13.1. The summed E-state index contributed by atoms with van der Waals surface area (Å²) in [6, 6.07) is 15.5. The van der Waals surface area contributed by atoms with Gasteiger partial charge in [0.05, 0.1) is 16.9 Å². The Bertz CT molecular complexity index is 977. The molecule has 1 amide bonds.